The summed E-state index contributed by atoms with van der Waals surface area (Å²) in [6.07, 6.45) is -4.45. The van der Waals surface area contributed by atoms with Crippen LogP contribution in [0.1, 0.15) is 23.0 Å². The number of rotatable bonds is 6. The van der Waals surface area contributed by atoms with Gasteiger partial charge in [-0.2, -0.15) is 13.2 Å². The van der Waals surface area contributed by atoms with Crippen LogP contribution in [0, 0.1) is 0 Å². The molecule has 0 radical (unpaired) electrons. The Morgan fingerprint density at radius 1 is 1.00 bits per heavy atom. The number of para-hydroxylation sites is 2. The summed E-state index contributed by atoms with van der Waals surface area (Å²) in [5, 5.41) is 5.73. The zero-order chi connectivity index (χ0) is 22.7. The lowest BCUT2D eigenvalue weighted by atomic mass is 10.1. The lowest BCUT2D eigenvalue weighted by Crippen LogP contribution is -2.35. The molecule has 2 N–H and O–H groups in total. The van der Waals surface area contributed by atoms with E-state index in [1.165, 1.54) is 12.1 Å². The van der Waals surface area contributed by atoms with Gasteiger partial charge in [0.25, 0.3) is 0 Å². The summed E-state index contributed by atoms with van der Waals surface area (Å²) in [4.78, 5) is 17.5. The highest BCUT2D eigenvalue weighted by Crippen LogP contribution is 2.30. The van der Waals surface area contributed by atoms with Gasteiger partial charge in [0.2, 0.25) is 5.91 Å². The minimum Gasteiger partial charge on any atom is -0.376 e. The molecule has 1 amide bonds. The number of nitrogens with zero attached hydrogens (tertiary/aromatic N) is 2. The molecule has 1 atom stereocenters. The van der Waals surface area contributed by atoms with Gasteiger partial charge in [0.1, 0.15) is 11.9 Å². The van der Waals surface area contributed by atoms with Gasteiger partial charge in [-0.05, 0) is 35.9 Å². The molecule has 4 aromatic rings. The second kappa shape index (κ2) is 8.74. The van der Waals surface area contributed by atoms with Crippen molar-refractivity contribution in [2.24, 2.45) is 7.05 Å². The van der Waals surface area contributed by atoms with Crippen LogP contribution in [0.25, 0.3) is 11.0 Å². The Labute approximate surface area is 182 Å². The van der Waals surface area contributed by atoms with Crippen LogP contribution in [-0.2, 0) is 18.0 Å². The van der Waals surface area contributed by atoms with Crippen molar-refractivity contribution >= 4 is 22.6 Å². The van der Waals surface area contributed by atoms with E-state index < -0.39 is 17.8 Å². The van der Waals surface area contributed by atoms with E-state index in [2.05, 4.69) is 10.6 Å². The zero-order valence-electron chi connectivity index (χ0n) is 17.2. The third-order valence-electron chi connectivity index (χ3n) is 5.16. The maximum atomic E-state index is 12.9. The number of nitrogens with one attached hydrogen (secondary N) is 2. The summed E-state index contributed by atoms with van der Waals surface area (Å²) in [6, 6.07) is 21.3. The van der Waals surface area contributed by atoms with Gasteiger partial charge in [0.15, 0.2) is 0 Å². The lowest BCUT2D eigenvalue weighted by Gasteiger charge is -2.20. The average Bonchev–Trinajstić information content (AvgIpc) is 3.13. The molecule has 0 aliphatic carbocycles. The van der Waals surface area contributed by atoms with Crippen LogP contribution in [0.3, 0.4) is 0 Å². The quantitative estimate of drug-likeness (QED) is 0.450. The van der Waals surface area contributed by atoms with Gasteiger partial charge in [-0.25, -0.2) is 4.98 Å². The Kier molecular flexibility index (Phi) is 5.85. The van der Waals surface area contributed by atoms with Crippen molar-refractivity contribution < 1.29 is 18.0 Å². The van der Waals surface area contributed by atoms with Crippen molar-refractivity contribution in [2.45, 2.75) is 12.2 Å². The SMILES string of the molecule is Cn1c(C(NC(=O)CNc2cccc(C(F)(F)F)c2)c2ccccc2)nc2ccccc21. The van der Waals surface area contributed by atoms with E-state index in [0.717, 1.165) is 28.7 Å². The molecule has 1 aromatic heterocycles. The third-order valence-corrected chi connectivity index (χ3v) is 5.16. The number of benzene rings is 3. The fourth-order valence-corrected chi connectivity index (χ4v) is 3.56. The molecule has 0 aliphatic heterocycles. The van der Waals surface area contributed by atoms with Crippen LogP contribution in [0.15, 0.2) is 78.9 Å². The minimum atomic E-state index is -4.45. The Balaban J connectivity index is 1.55. The summed E-state index contributed by atoms with van der Waals surface area (Å²) < 4.78 is 40.7. The van der Waals surface area contributed by atoms with E-state index in [4.69, 9.17) is 4.98 Å². The van der Waals surface area contributed by atoms with Gasteiger partial charge in [-0.15, -0.1) is 0 Å². The number of hydrogen-bond acceptors (Lipinski definition) is 3. The molecule has 3 aromatic carbocycles. The lowest BCUT2D eigenvalue weighted by molar-refractivity contribution is -0.137. The topological polar surface area (TPSA) is 59.0 Å². The summed E-state index contributed by atoms with van der Waals surface area (Å²) in [7, 11) is 1.88. The number of carbonyl (C=O) groups excluding carboxylic acids is 1. The van der Waals surface area contributed by atoms with E-state index in [9.17, 15) is 18.0 Å². The number of aryl methyl sites for hydroxylation is 1. The number of imidazole rings is 1. The van der Waals surface area contributed by atoms with Gasteiger partial charge < -0.3 is 15.2 Å². The Morgan fingerprint density at radius 2 is 1.72 bits per heavy atom. The predicted octanol–water partition coefficient (Wildman–Crippen LogP) is 4.91. The summed E-state index contributed by atoms with van der Waals surface area (Å²) in [5.41, 5.74) is 2.03. The van der Waals surface area contributed by atoms with Crippen LogP contribution in [0.4, 0.5) is 18.9 Å². The highest BCUT2D eigenvalue weighted by atomic mass is 19.4. The van der Waals surface area contributed by atoms with Gasteiger partial charge in [0.05, 0.1) is 23.1 Å². The number of hydrogen-bond donors (Lipinski definition) is 2. The molecule has 0 saturated carbocycles. The Hall–Kier alpha value is -3.81. The predicted molar refractivity (Wildman–Crippen MR) is 117 cm³/mol. The number of fused-ring (bicyclic) bond motifs is 1. The standard InChI is InChI=1S/C24H21F3N4O/c1-31-20-13-6-5-12-19(20)29-23(31)22(16-8-3-2-4-9-16)30-21(32)15-28-18-11-7-10-17(14-18)24(25,26)27/h2-14,22,28H,15H2,1H3,(H,30,32). The molecule has 0 saturated heterocycles. The Morgan fingerprint density at radius 3 is 2.44 bits per heavy atom. The molecule has 164 valence electrons. The van der Waals surface area contributed by atoms with E-state index in [0.29, 0.717) is 5.82 Å². The van der Waals surface area contributed by atoms with Crippen LogP contribution in [-0.4, -0.2) is 22.0 Å². The maximum Gasteiger partial charge on any atom is 0.416 e. The number of aromatic nitrogens is 2. The zero-order valence-corrected chi connectivity index (χ0v) is 17.2. The fourth-order valence-electron chi connectivity index (χ4n) is 3.56. The average molecular weight is 438 g/mol. The smallest absolute Gasteiger partial charge is 0.376 e. The molecular weight excluding hydrogens is 417 g/mol. The molecule has 32 heavy (non-hydrogen) atoms. The van der Waals surface area contributed by atoms with Crippen molar-refractivity contribution in [1.29, 1.82) is 0 Å². The van der Waals surface area contributed by atoms with E-state index >= 15 is 0 Å². The van der Waals surface area contributed by atoms with Crippen LogP contribution in [0.5, 0.6) is 0 Å². The van der Waals surface area contributed by atoms with Gasteiger partial charge in [-0.1, -0.05) is 48.5 Å². The van der Waals surface area contributed by atoms with E-state index in [1.54, 1.807) is 0 Å². The first-order valence-electron chi connectivity index (χ1n) is 10.00. The van der Waals surface area contributed by atoms with Crippen molar-refractivity contribution in [3.05, 3.63) is 95.8 Å². The molecule has 0 spiro atoms. The van der Waals surface area contributed by atoms with Gasteiger partial charge in [-0.3, -0.25) is 4.79 Å². The first-order chi connectivity index (χ1) is 15.3. The number of anilines is 1. The van der Waals surface area contributed by atoms with Crippen molar-refractivity contribution in [3.8, 4) is 0 Å². The molecule has 1 unspecified atom stereocenters. The summed E-state index contributed by atoms with van der Waals surface area (Å²) >= 11 is 0. The van der Waals surface area contributed by atoms with Crippen LogP contribution < -0.4 is 10.6 Å². The molecule has 0 aliphatic rings. The van der Waals surface area contributed by atoms with Crippen LogP contribution in [0.2, 0.25) is 0 Å². The van der Waals surface area contributed by atoms with Crippen LogP contribution >= 0.6 is 0 Å². The molecule has 0 fully saturated rings. The third kappa shape index (κ3) is 4.59. The largest absolute Gasteiger partial charge is 0.416 e. The monoisotopic (exact) mass is 438 g/mol. The molecule has 4 rings (SSSR count). The Bertz CT molecular complexity index is 1230. The molecule has 0 bridgehead atoms. The highest BCUT2D eigenvalue weighted by Gasteiger charge is 2.30. The first kappa shape index (κ1) is 21.4. The minimum absolute atomic E-state index is 0.186. The number of amides is 1. The van der Waals surface area contributed by atoms with Gasteiger partial charge in [0, 0.05) is 12.7 Å². The van der Waals surface area contributed by atoms with Crippen molar-refractivity contribution in [3.63, 3.8) is 0 Å². The van der Waals surface area contributed by atoms with E-state index in [-0.39, 0.29) is 18.1 Å². The fraction of sp³-hybridized carbons (Fsp3) is 0.167. The van der Waals surface area contributed by atoms with E-state index in [1.807, 2.05) is 66.2 Å². The number of carbonyl (C=O) groups is 1. The van der Waals surface area contributed by atoms with Crippen molar-refractivity contribution in [2.75, 3.05) is 11.9 Å². The second-order valence-corrected chi connectivity index (χ2v) is 7.36. The van der Waals surface area contributed by atoms with Crippen molar-refractivity contribution in [1.82, 2.24) is 14.9 Å². The van der Waals surface area contributed by atoms with Gasteiger partial charge >= 0.3 is 6.18 Å². The highest BCUT2D eigenvalue weighted by molar-refractivity contribution is 5.82. The maximum absolute atomic E-state index is 12.9. The summed E-state index contributed by atoms with van der Waals surface area (Å²) in [6.45, 7) is -0.186. The number of alkyl halides is 3. The molecular formula is C24H21F3N4O. The molecule has 5 nitrogen and oxygen atoms in total. The normalized spacial score (nSPS) is 12.5. The second-order valence-electron chi connectivity index (χ2n) is 7.36. The number of halogens is 3. The first-order valence-corrected chi connectivity index (χ1v) is 10.00. The summed E-state index contributed by atoms with van der Waals surface area (Å²) in [5.74, 6) is 0.285. The molecule has 8 heteroatoms. The molecule has 1 heterocycles.